The molecule has 0 aromatic carbocycles. The number of pyridine rings is 4. The minimum Gasteiger partial charge on any atom is -0.362 e. The number of aryl methyl sites for hydroxylation is 2. The molecule has 2 unspecified atom stereocenters. The van der Waals surface area contributed by atoms with Crippen molar-refractivity contribution in [3.8, 4) is 22.5 Å². The van der Waals surface area contributed by atoms with Crippen LogP contribution < -0.4 is 10.6 Å². The Kier molecular flexibility index (Phi) is 24.0. The molecule has 0 aliphatic rings. The second-order valence-corrected chi connectivity index (χ2v) is 16.1. The number of allylic oxidation sites excluding steroid dienone is 5. The van der Waals surface area contributed by atoms with E-state index in [4.69, 9.17) is 4.99 Å². The molecule has 0 radical (unpaired) electrons. The second kappa shape index (κ2) is 28.2. The van der Waals surface area contributed by atoms with Crippen molar-refractivity contribution in [2.75, 3.05) is 5.32 Å². The molecule has 5 aromatic rings. The number of aliphatic imine (C=N–C) groups is 1. The van der Waals surface area contributed by atoms with E-state index in [9.17, 15) is 4.39 Å². The van der Waals surface area contributed by atoms with Gasteiger partial charge in [0.15, 0.2) is 5.65 Å². The smallest absolute Gasteiger partial charge is 0.164 e. The summed E-state index contributed by atoms with van der Waals surface area (Å²) >= 11 is 3.30. The number of rotatable bonds is 15. The number of hydrogen-bond donors (Lipinski definition) is 2. The maximum Gasteiger partial charge on any atom is 0.164 e. The fraction of sp³-hybridized carbons (Fsp3) is 0.340. The highest BCUT2D eigenvalue weighted by Gasteiger charge is 2.15. The summed E-state index contributed by atoms with van der Waals surface area (Å²) in [4.78, 5) is 35.7. The highest BCUT2D eigenvalue weighted by Crippen LogP contribution is 2.30. The lowest BCUT2D eigenvalue weighted by Crippen LogP contribution is -2.23. The molecule has 5 rings (SSSR count). The predicted molar refractivity (Wildman–Crippen MR) is 269 cm³/mol. The number of aromatic nitrogens is 6. The Morgan fingerprint density at radius 3 is 1.98 bits per heavy atom. The summed E-state index contributed by atoms with van der Waals surface area (Å²) in [6, 6.07) is 11.1. The van der Waals surface area contributed by atoms with Crippen LogP contribution in [-0.4, -0.2) is 47.8 Å². The number of hydrogen-bond acceptors (Lipinski definition) is 10. The van der Waals surface area contributed by atoms with Gasteiger partial charge in [-0.1, -0.05) is 103 Å². The van der Waals surface area contributed by atoms with Crippen molar-refractivity contribution in [2.24, 2.45) is 4.99 Å². The summed E-state index contributed by atoms with van der Waals surface area (Å²) in [5.74, 6) is 1.08. The van der Waals surface area contributed by atoms with Crippen LogP contribution in [0, 0.1) is 12.7 Å². The Labute approximate surface area is 379 Å². The summed E-state index contributed by atoms with van der Waals surface area (Å²) in [5.41, 5.74) is 6.97. The molecule has 5 aromatic heterocycles. The number of anilines is 1. The van der Waals surface area contributed by atoms with Crippen LogP contribution in [0.2, 0.25) is 0 Å². The molecule has 0 spiro atoms. The topological polar surface area (TPSA) is 114 Å². The van der Waals surface area contributed by atoms with Crippen LogP contribution in [0.1, 0.15) is 106 Å². The molecule has 0 fully saturated rings. The van der Waals surface area contributed by atoms with Gasteiger partial charge in [-0.15, -0.1) is 0 Å². The molecule has 62 heavy (non-hydrogen) atoms. The quantitative estimate of drug-likeness (QED) is 0.0778. The van der Waals surface area contributed by atoms with E-state index in [1.807, 2.05) is 80.0 Å². The van der Waals surface area contributed by atoms with Crippen LogP contribution >= 0.6 is 23.5 Å². The maximum atomic E-state index is 13.1. The summed E-state index contributed by atoms with van der Waals surface area (Å²) in [6.45, 7) is 34.9. The Hall–Kier alpha value is -5.46. The molecule has 5 heterocycles. The summed E-state index contributed by atoms with van der Waals surface area (Å²) < 4.78 is 13.1. The van der Waals surface area contributed by atoms with Crippen LogP contribution in [-0.2, 0) is 6.42 Å². The summed E-state index contributed by atoms with van der Waals surface area (Å²) in [6.07, 6.45) is 18.2. The van der Waals surface area contributed by atoms with Gasteiger partial charge >= 0.3 is 0 Å². The van der Waals surface area contributed by atoms with Crippen molar-refractivity contribution in [3.63, 3.8) is 0 Å². The third-order valence-electron chi connectivity index (χ3n) is 8.98. The number of thioether (sulfide) groups is 2. The van der Waals surface area contributed by atoms with Crippen LogP contribution in [0.15, 0.2) is 130 Å². The van der Waals surface area contributed by atoms with E-state index >= 15 is 0 Å². The zero-order valence-corrected chi connectivity index (χ0v) is 40.6. The van der Waals surface area contributed by atoms with Crippen molar-refractivity contribution < 1.29 is 4.39 Å². The van der Waals surface area contributed by atoms with Crippen molar-refractivity contribution in [1.29, 1.82) is 0 Å². The lowest BCUT2D eigenvalue weighted by Gasteiger charge is -2.18. The number of fused-ring (bicyclic) bond motifs is 1. The first-order valence-corrected chi connectivity index (χ1v) is 22.9. The van der Waals surface area contributed by atoms with E-state index in [-0.39, 0.29) is 17.9 Å². The molecular weight excluding hydrogens is 810 g/mol. The highest BCUT2D eigenvalue weighted by molar-refractivity contribution is 8.07. The van der Waals surface area contributed by atoms with Gasteiger partial charge in [-0.3, -0.25) is 19.9 Å². The first kappa shape index (κ1) is 52.7. The van der Waals surface area contributed by atoms with Gasteiger partial charge in [-0.2, -0.15) is 0 Å². The molecular formula is C50H66FN9S2. The summed E-state index contributed by atoms with van der Waals surface area (Å²) in [5, 5.41) is 7.53. The number of amidine groups is 1. The lowest BCUT2D eigenvalue weighted by atomic mass is 10.1. The second-order valence-electron chi connectivity index (χ2n) is 13.4. The Balaban J connectivity index is 0.000000398. The lowest BCUT2D eigenvalue weighted by molar-refractivity contribution is 0.622. The Morgan fingerprint density at radius 1 is 0.790 bits per heavy atom. The third kappa shape index (κ3) is 16.4. The van der Waals surface area contributed by atoms with Crippen molar-refractivity contribution in [3.05, 3.63) is 147 Å². The molecule has 0 aliphatic carbocycles. The average molecular weight is 876 g/mol. The molecule has 2 N–H and O–H groups in total. The third-order valence-corrected chi connectivity index (χ3v) is 11.3. The van der Waals surface area contributed by atoms with Gasteiger partial charge in [-0.25, -0.2) is 19.3 Å². The molecule has 9 nitrogen and oxygen atoms in total. The van der Waals surface area contributed by atoms with Crippen LogP contribution in [0.25, 0.3) is 33.5 Å². The zero-order valence-electron chi connectivity index (χ0n) is 39.0. The minimum absolute atomic E-state index is 0.00407. The van der Waals surface area contributed by atoms with Crippen molar-refractivity contribution in [2.45, 2.75) is 115 Å². The first-order chi connectivity index (χ1) is 29.9. The molecule has 0 bridgehead atoms. The van der Waals surface area contributed by atoms with E-state index in [0.717, 1.165) is 62.0 Å². The Bertz CT molecular complexity index is 2300. The van der Waals surface area contributed by atoms with Gasteiger partial charge in [0.25, 0.3) is 0 Å². The summed E-state index contributed by atoms with van der Waals surface area (Å²) in [7, 11) is 0. The van der Waals surface area contributed by atoms with Crippen LogP contribution in [0.5, 0.6) is 0 Å². The van der Waals surface area contributed by atoms with E-state index in [2.05, 4.69) is 125 Å². The number of nitrogens with one attached hydrogen (secondary N) is 2. The highest BCUT2D eigenvalue weighted by atomic mass is 32.2. The maximum absolute atomic E-state index is 13.1. The van der Waals surface area contributed by atoms with Gasteiger partial charge in [0, 0.05) is 50.8 Å². The van der Waals surface area contributed by atoms with Crippen molar-refractivity contribution in [1.82, 2.24) is 35.2 Å². The largest absolute Gasteiger partial charge is 0.362 e. The van der Waals surface area contributed by atoms with Crippen LogP contribution in [0.4, 0.5) is 10.2 Å². The molecule has 0 saturated carbocycles. The minimum atomic E-state index is -0.376. The van der Waals surface area contributed by atoms with E-state index in [1.165, 1.54) is 34.0 Å². The predicted octanol–water partition coefficient (Wildman–Crippen LogP) is 14.1. The molecule has 0 saturated heterocycles. The van der Waals surface area contributed by atoms with Gasteiger partial charge in [0.05, 0.1) is 35.1 Å². The van der Waals surface area contributed by atoms with Crippen molar-refractivity contribution >= 4 is 46.2 Å². The van der Waals surface area contributed by atoms with Gasteiger partial charge in [-0.05, 0) is 113 Å². The van der Waals surface area contributed by atoms with E-state index in [1.54, 1.807) is 35.8 Å². The average Bonchev–Trinajstić information content (AvgIpc) is 3.30. The first-order valence-electron chi connectivity index (χ1n) is 21.3. The number of halogens is 1. The van der Waals surface area contributed by atoms with Crippen LogP contribution in [0.3, 0.4) is 0 Å². The molecule has 330 valence electrons. The fourth-order valence-corrected chi connectivity index (χ4v) is 6.68. The van der Waals surface area contributed by atoms with E-state index < -0.39 is 0 Å². The molecule has 0 amide bonds. The molecule has 2 atom stereocenters. The Morgan fingerprint density at radius 2 is 1.40 bits per heavy atom. The monoisotopic (exact) mass is 875 g/mol. The van der Waals surface area contributed by atoms with Gasteiger partial charge in [0.2, 0.25) is 0 Å². The molecule has 12 heteroatoms. The molecule has 0 aliphatic heterocycles. The van der Waals surface area contributed by atoms with E-state index in [0.29, 0.717) is 17.2 Å². The SMILES string of the molecule is C=C(S/C(C)=C\C)C(C)N=C(N/C=C/CC)c1cc(-c2ccc(CC)cn2)cnc1C.C=C(S/C(C)=C\C)C(C)Nc1ncnc2ncc(-c3ccc(F)cn3)cc12.CC.CC. The standard InChI is InChI=1S/C26H34N4S.C20H20FN5S.2C2H6/c1-8-11-14-27-26(30-19(5)21(7)31-18(4)9-2)24-15-23(17-28-20(24)6)25-13-12-22(10-3)16-29-25;1-5-12(2)27-14(4)13(3)26-20-17-8-15(9-23-19(17)24-11-25-20)18-7-6-16(21)10-22-18;2*1-2/h9,11-17,19H,7-8,10H2,1-6H3,(H,27,30);5-11,13H,4H2,1-3H3,(H,23,24,25,26);2*1-2H3/b14-11+,18-9-;12-5-;;. The fourth-order valence-electron chi connectivity index (χ4n) is 5.16. The zero-order chi connectivity index (χ0) is 46.2. The van der Waals surface area contributed by atoms with Gasteiger partial charge < -0.3 is 10.6 Å². The van der Waals surface area contributed by atoms with Gasteiger partial charge in [0.1, 0.15) is 23.8 Å². The normalized spacial score (nSPS) is 12.5. The number of nitrogens with zero attached hydrogens (tertiary/aromatic N) is 7.